The van der Waals surface area contributed by atoms with Crippen molar-refractivity contribution in [3.05, 3.63) is 0 Å². The minimum atomic E-state index is -2.47. The fraction of sp³-hybridized carbons (Fsp3) is 1.00. The van der Waals surface area contributed by atoms with Gasteiger partial charge in [0.1, 0.15) is 48.8 Å². The summed E-state index contributed by atoms with van der Waals surface area (Å²) in [7, 11) is 3.29. The number of nitrogens with one attached hydrogen (secondary N) is 2. The summed E-state index contributed by atoms with van der Waals surface area (Å²) in [6.45, 7) is -1.31. The Kier molecular flexibility index (Phi) is 9.09. The largest absolute Gasteiger partial charge is 0.395 e. The molecule has 0 radical (unpaired) electrons. The Morgan fingerprint density at radius 3 is 2.00 bits per heavy atom. The lowest BCUT2D eigenvalue weighted by molar-refractivity contribution is -0.439. The van der Waals surface area contributed by atoms with E-state index in [1.165, 1.54) is 0 Å². The number of fused-ring (bicyclic) bond motifs is 1. The number of rotatable bonds is 7. The summed E-state index contributed by atoms with van der Waals surface area (Å²) in [6.07, 6.45) is -17.2. The van der Waals surface area contributed by atoms with Crippen LogP contribution >= 0.6 is 0 Å². The van der Waals surface area contributed by atoms with E-state index in [9.17, 15) is 40.9 Å². The number of hydrogen-bond donors (Lipinski definition) is 11. The molecule has 1 spiro atoms. The number of likely N-dealkylation sites (N-methyl/N-ethyl adjacent to an activating group) is 2. The third kappa shape index (κ3) is 5.04. The van der Waals surface area contributed by atoms with Gasteiger partial charge in [-0.15, -0.1) is 0 Å². The van der Waals surface area contributed by atoms with Crippen molar-refractivity contribution in [3.8, 4) is 0 Å². The standard InChI is InChI=1S/C21H39N3O13/c1-23-7-3-8(24-2)11(28)16(10(7)27)34-20-18-17(12(29)9(5-26)33-20)36-21(37-18)19(32)14(31)13(30)15(35-21)6(22)4-25/h6-20,23-32H,3-5,22H2,1-2H3/t6-,7-,8+,9+,10+,11-,12-,13-,14+,15-,16?,17-,18-,19+,20-,21+/m1/s1. The summed E-state index contributed by atoms with van der Waals surface area (Å²) in [5, 5.41) is 89.3. The van der Waals surface area contributed by atoms with Crippen LogP contribution in [0.4, 0.5) is 0 Å². The maximum absolute atomic E-state index is 10.9. The highest BCUT2D eigenvalue weighted by Gasteiger charge is 2.67. The zero-order valence-corrected chi connectivity index (χ0v) is 20.5. The Labute approximate surface area is 212 Å². The highest BCUT2D eigenvalue weighted by Crippen LogP contribution is 2.45. The third-order valence-electron chi connectivity index (χ3n) is 7.74. The molecule has 3 heterocycles. The Balaban J connectivity index is 1.63. The molecule has 12 N–H and O–H groups in total. The molecular formula is C21H39N3O13. The van der Waals surface area contributed by atoms with Gasteiger partial charge in [0.05, 0.1) is 31.5 Å². The van der Waals surface area contributed by atoms with Gasteiger partial charge in [-0.05, 0) is 20.5 Å². The number of aliphatic hydroxyl groups is 8. The molecule has 16 atom stereocenters. The van der Waals surface area contributed by atoms with E-state index < -0.39 is 111 Å². The highest BCUT2D eigenvalue weighted by atomic mass is 16.9. The Morgan fingerprint density at radius 2 is 1.46 bits per heavy atom. The van der Waals surface area contributed by atoms with Gasteiger partial charge in [0.2, 0.25) is 0 Å². The van der Waals surface area contributed by atoms with E-state index in [-0.39, 0.29) is 0 Å². The molecule has 37 heavy (non-hydrogen) atoms. The van der Waals surface area contributed by atoms with Crippen LogP contribution in [0.1, 0.15) is 6.42 Å². The second-order valence-corrected chi connectivity index (χ2v) is 9.95. The van der Waals surface area contributed by atoms with Crippen LogP contribution in [0.15, 0.2) is 0 Å². The fourth-order valence-electron chi connectivity index (χ4n) is 5.48. The summed E-state index contributed by atoms with van der Waals surface area (Å²) in [5.74, 6) is -2.47. The Morgan fingerprint density at radius 1 is 0.865 bits per heavy atom. The number of hydrogen-bond acceptors (Lipinski definition) is 16. The van der Waals surface area contributed by atoms with Crippen LogP contribution in [0, 0.1) is 0 Å². The number of ether oxygens (including phenoxy) is 5. The maximum atomic E-state index is 10.9. The average molecular weight is 542 g/mol. The summed E-state index contributed by atoms with van der Waals surface area (Å²) in [4.78, 5) is 0. The summed E-state index contributed by atoms with van der Waals surface area (Å²) >= 11 is 0. The first-order valence-corrected chi connectivity index (χ1v) is 12.3. The molecule has 16 nitrogen and oxygen atoms in total. The van der Waals surface area contributed by atoms with Crippen molar-refractivity contribution in [2.24, 2.45) is 5.73 Å². The smallest absolute Gasteiger partial charge is 0.314 e. The van der Waals surface area contributed by atoms with Crippen LogP contribution < -0.4 is 16.4 Å². The van der Waals surface area contributed by atoms with Crippen LogP contribution in [0.3, 0.4) is 0 Å². The normalized spacial score (nSPS) is 53.3. The van der Waals surface area contributed by atoms with Gasteiger partial charge in [-0.1, -0.05) is 0 Å². The van der Waals surface area contributed by atoms with E-state index in [0.717, 1.165) is 0 Å². The topological polar surface area (TPSA) is 258 Å². The van der Waals surface area contributed by atoms with E-state index in [0.29, 0.717) is 6.42 Å². The highest BCUT2D eigenvalue weighted by molar-refractivity contribution is 5.05. The molecule has 0 bridgehead atoms. The van der Waals surface area contributed by atoms with E-state index >= 15 is 0 Å². The van der Waals surface area contributed by atoms with E-state index in [4.69, 9.17) is 29.4 Å². The molecule has 0 amide bonds. The maximum Gasteiger partial charge on any atom is 0.314 e. The lowest BCUT2D eigenvalue weighted by atomic mass is 9.83. The molecule has 3 saturated heterocycles. The van der Waals surface area contributed by atoms with Crippen molar-refractivity contribution < 1.29 is 64.5 Å². The zero-order valence-electron chi connectivity index (χ0n) is 20.5. The van der Waals surface area contributed by atoms with Crippen LogP contribution in [-0.2, 0) is 23.7 Å². The molecule has 4 rings (SSSR count). The molecule has 0 aromatic rings. The van der Waals surface area contributed by atoms with Crippen molar-refractivity contribution in [2.45, 2.75) is 104 Å². The van der Waals surface area contributed by atoms with Crippen molar-refractivity contribution in [1.29, 1.82) is 0 Å². The first-order chi connectivity index (χ1) is 17.5. The molecule has 0 aromatic heterocycles. The first-order valence-electron chi connectivity index (χ1n) is 12.3. The van der Waals surface area contributed by atoms with Crippen LogP contribution in [0.2, 0.25) is 0 Å². The predicted molar refractivity (Wildman–Crippen MR) is 119 cm³/mol. The Bertz CT molecular complexity index is 755. The lowest BCUT2D eigenvalue weighted by Crippen LogP contribution is -2.69. The number of aliphatic hydroxyl groups excluding tert-OH is 8. The van der Waals surface area contributed by atoms with Crippen molar-refractivity contribution >= 4 is 0 Å². The average Bonchev–Trinajstić information content (AvgIpc) is 3.29. The van der Waals surface area contributed by atoms with E-state index in [1.54, 1.807) is 14.1 Å². The molecule has 1 saturated carbocycles. The van der Waals surface area contributed by atoms with Crippen molar-refractivity contribution in [1.82, 2.24) is 10.6 Å². The predicted octanol–water partition coefficient (Wildman–Crippen LogP) is -7.01. The van der Waals surface area contributed by atoms with Gasteiger partial charge in [-0.2, -0.15) is 0 Å². The van der Waals surface area contributed by atoms with Gasteiger partial charge in [0.15, 0.2) is 12.4 Å². The molecule has 4 fully saturated rings. The fourth-order valence-corrected chi connectivity index (χ4v) is 5.48. The Hall–Kier alpha value is -0.640. The second-order valence-electron chi connectivity index (χ2n) is 9.95. The molecule has 1 aliphatic carbocycles. The van der Waals surface area contributed by atoms with Crippen molar-refractivity contribution in [2.75, 3.05) is 27.3 Å². The third-order valence-corrected chi connectivity index (χ3v) is 7.74. The molecule has 1 unspecified atom stereocenters. The van der Waals surface area contributed by atoms with Gasteiger partial charge in [-0.3, -0.25) is 0 Å². The van der Waals surface area contributed by atoms with Crippen LogP contribution in [-0.4, -0.2) is 166 Å². The van der Waals surface area contributed by atoms with Gasteiger partial charge in [-0.25, -0.2) is 0 Å². The summed E-state index contributed by atoms with van der Waals surface area (Å²) in [6, 6.07) is -2.12. The molecule has 16 heteroatoms. The van der Waals surface area contributed by atoms with Crippen molar-refractivity contribution in [3.63, 3.8) is 0 Å². The number of nitrogens with two attached hydrogens (primary N) is 1. The van der Waals surface area contributed by atoms with Gasteiger partial charge >= 0.3 is 5.97 Å². The zero-order chi connectivity index (χ0) is 27.2. The van der Waals surface area contributed by atoms with Gasteiger partial charge in [0.25, 0.3) is 0 Å². The minimum absolute atomic E-state index is 0.389. The van der Waals surface area contributed by atoms with E-state index in [1.807, 2.05) is 0 Å². The minimum Gasteiger partial charge on any atom is -0.395 e. The quantitative estimate of drug-likeness (QED) is 0.143. The second kappa shape index (κ2) is 11.5. The molecule has 4 aliphatic rings. The van der Waals surface area contributed by atoms with Crippen LogP contribution in [0.25, 0.3) is 0 Å². The van der Waals surface area contributed by atoms with Gasteiger partial charge in [0, 0.05) is 12.1 Å². The molecular weight excluding hydrogens is 502 g/mol. The molecule has 0 aromatic carbocycles. The van der Waals surface area contributed by atoms with Crippen LogP contribution in [0.5, 0.6) is 0 Å². The van der Waals surface area contributed by atoms with E-state index in [2.05, 4.69) is 10.6 Å². The molecule has 3 aliphatic heterocycles. The first kappa shape index (κ1) is 29.3. The summed E-state index contributed by atoms with van der Waals surface area (Å²) < 4.78 is 29.0. The lowest BCUT2D eigenvalue weighted by Gasteiger charge is -2.46. The monoisotopic (exact) mass is 541 g/mol. The summed E-state index contributed by atoms with van der Waals surface area (Å²) in [5.41, 5.74) is 5.81. The molecule has 216 valence electrons. The van der Waals surface area contributed by atoms with Gasteiger partial charge < -0.3 is 80.9 Å². The SMILES string of the molecule is CN[C@H]1C[C@@H](NC)[C@H](O)C(O[C@H]2O[C@@H](CO)[C@@H](O)[C@H]3O[C@@]4(O[C@@H]23)O[C@H]([C@H](N)CO)[C@H](O)[C@H](O)[C@@H]4O)[C@@H]1O.